The molecule has 0 saturated heterocycles. The fraction of sp³-hybridized carbons (Fsp3) is 0.100. The molecule has 12 aromatic rings. The lowest BCUT2D eigenvalue weighted by Crippen LogP contribution is -2.22. The van der Waals surface area contributed by atoms with E-state index < -0.39 is 0 Å². The molecule has 12 aromatic carbocycles. The van der Waals surface area contributed by atoms with Crippen LogP contribution in [0.5, 0.6) is 0 Å². The molecule has 4 unspecified atom stereocenters. The number of fused-ring (bicyclic) bond motifs is 5. The highest BCUT2D eigenvalue weighted by molar-refractivity contribution is 6.63. The Balaban J connectivity index is 1.51. The fourth-order valence-electron chi connectivity index (χ4n) is 12.7. The van der Waals surface area contributed by atoms with Gasteiger partial charge in [-0.25, -0.2) is 0 Å². The molecule has 0 N–H and O–H groups in total. The molecule has 0 aliphatic heterocycles. The van der Waals surface area contributed by atoms with Crippen molar-refractivity contribution in [2.24, 2.45) is 0 Å². The zero-order valence-corrected chi connectivity index (χ0v) is 21.1. The summed E-state index contributed by atoms with van der Waals surface area (Å²) in [4.78, 5) is 0. The lowest BCUT2D eigenvalue weighted by atomic mass is 9.65. The van der Waals surface area contributed by atoms with Gasteiger partial charge in [0.05, 0.1) is 0 Å². The number of hydrogen-bond acceptors (Lipinski definition) is 0. The predicted octanol–water partition coefficient (Wildman–Crippen LogP) is 10.8. The zero-order chi connectivity index (χ0) is 24.4. The molecule has 0 amide bonds. The second kappa shape index (κ2) is 4.19. The smallest absolute Gasteiger partial charge is 0.00998 e. The highest BCUT2D eigenvalue weighted by Crippen LogP contribution is 2.74. The van der Waals surface area contributed by atoms with E-state index in [1.54, 1.807) is 108 Å². The predicted molar refractivity (Wildman–Crippen MR) is 169 cm³/mol. The molecule has 0 saturated carbocycles. The van der Waals surface area contributed by atoms with Gasteiger partial charge >= 0.3 is 0 Å². The Hall–Kier alpha value is -4.68. The van der Waals surface area contributed by atoms with E-state index in [2.05, 4.69) is 60.7 Å². The highest BCUT2D eigenvalue weighted by Gasteiger charge is 2.54. The minimum Gasteiger partial charge on any atom is -0.0797 e. The highest BCUT2D eigenvalue weighted by atomic mass is 14.6. The van der Waals surface area contributed by atoms with Gasteiger partial charge in [-0.05, 0) is 141 Å². The summed E-state index contributed by atoms with van der Waals surface area (Å²) >= 11 is 0. The van der Waals surface area contributed by atoms with Crippen molar-refractivity contribution < 1.29 is 0 Å². The Kier molecular flexibility index (Phi) is 1.72. The van der Waals surface area contributed by atoms with Gasteiger partial charge < -0.3 is 0 Å². The monoisotopic (exact) mass is 494 g/mol. The lowest BCUT2D eigenvalue weighted by molar-refractivity contribution is 0.471. The van der Waals surface area contributed by atoms with Crippen LogP contribution in [-0.2, 0) is 0 Å². The molecular formula is C40H14. The van der Waals surface area contributed by atoms with Crippen LogP contribution in [0.1, 0.15) is 45.9 Å². The van der Waals surface area contributed by atoms with Gasteiger partial charge in [0.1, 0.15) is 0 Å². The van der Waals surface area contributed by atoms with Crippen LogP contribution in [0.15, 0.2) is 60.7 Å². The van der Waals surface area contributed by atoms with Crippen molar-refractivity contribution in [3.8, 4) is 0 Å². The summed E-state index contributed by atoms with van der Waals surface area (Å²) in [6.45, 7) is 0. The molecule has 174 valence electrons. The minimum atomic E-state index is 0.507. The van der Waals surface area contributed by atoms with E-state index in [9.17, 15) is 0 Å². The Bertz CT molecular complexity index is 3040. The number of benzene rings is 8. The van der Waals surface area contributed by atoms with Crippen LogP contribution < -0.4 is 0 Å². The molecule has 0 heterocycles. The summed E-state index contributed by atoms with van der Waals surface area (Å²) in [5, 5.41) is 34.6. The van der Waals surface area contributed by atoms with Crippen LogP contribution in [0.3, 0.4) is 0 Å². The van der Waals surface area contributed by atoms with Crippen LogP contribution >= 0.6 is 0 Å². The first-order valence-electron chi connectivity index (χ1n) is 15.0. The van der Waals surface area contributed by atoms with Crippen molar-refractivity contribution in [2.75, 3.05) is 0 Å². The lowest BCUT2D eigenvalue weighted by Gasteiger charge is -2.37. The van der Waals surface area contributed by atoms with Gasteiger partial charge in [0.15, 0.2) is 0 Å². The van der Waals surface area contributed by atoms with Crippen LogP contribution in [0.2, 0.25) is 0 Å². The van der Waals surface area contributed by atoms with Gasteiger partial charge in [0.2, 0.25) is 0 Å². The van der Waals surface area contributed by atoms with Crippen molar-refractivity contribution in [2.45, 2.75) is 23.7 Å². The molecule has 0 aromatic heterocycles. The maximum Gasteiger partial charge on any atom is 0.00998 e. The molecule has 0 fully saturated rings. The summed E-state index contributed by atoms with van der Waals surface area (Å²) in [5.41, 5.74) is 6.68. The standard InChI is InChI=1S/C40H14/c1-2-12-14-5-6-16-18-9-10-20-19-8-7-17-15-4-3-13-11(1)21-22(12)32-24(14)26(16)34-29(18)30(20)35-28(19)27(17)33-25(15)23(13)31(21)36-37(32)39(34)40(35)38(33)36/h1-12,21-22H. The first-order valence-corrected chi connectivity index (χ1v) is 15.0. The van der Waals surface area contributed by atoms with Crippen molar-refractivity contribution in [3.05, 3.63) is 82.9 Å². The van der Waals surface area contributed by atoms with Crippen LogP contribution in [0, 0.1) is 0 Å². The van der Waals surface area contributed by atoms with Crippen molar-refractivity contribution >= 4 is 118 Å². The Labute approximate surface area is 224 Å². The van der Waals surface area contributed by atoms with Gasteiger partial charge in [-0.3, -0.25) is 0 Å². The van der Waals surface area contributed by atoms with Gasteiger partial charge in [0, 0.05) is 23.7 Å². The number of rotatable bonds is 0. The van der Waals surface area contributed by atoms with E-state index in [0.717, 1.165) is 0 Å². The molecule has 0 bridgehead atoms. The molecule has 16 rings (SSSR count). The summed E-state index contributed by atoms with van der Waals surface area (Å²) in [6, 6.07) is 19.9. The van der Waals surface area contributed by atoms with E-state index >= 15 is 0 Å². The average molecular weight is 495 g/mol. The third-order valence-corrected chi connectivity index (χ3v) is 13.4. The van der Waals surface area contributed by atoms with E-state index in [1.807, 2.05) is 0 Å². The molecular weight excluding hydrogens is 480 g/mol. The molecule has 40 heavy (non-hydrogen) atoms. The maximum atomic E-state index is 2.63. The Morgan fingerprint density at radius 3 is 0.975 bits per heavy atom. The molecule has 4 atom stereocenters. The third kappa shape index (κ3) is 1.07. The summed E-state index contributed by atoms with van der Waals surface area (Å²) in [6.07, 6.45) is 5.26. The van der Waals surface area contributed by atoms with E-state index in [4.69, 9.17) is 0 Å². The minimum absolute atomic E-state index is 0.507. The van der Waals surface area contributed by atoms with E-state index in [1.165, 1.54) is 32.3 Å². The summed E-state index contributed by atoms with van der Waals surface area (Å²) in [5.74, 6) is 2.17. The SMILES string of the molecule is C1=CC2c3ccc4c5ccc6c7ccc8c9ccc%10c%11c%12c%13c%14c(c3c4c3c5c6c4c7c8c(c%119)c%13c4c%143)C2C%12C1%10. The Morgan fingerprint density at radius 2 is 0.575 bits per heavy atom. The van der Waals surface area contributed by atoms with Gasteiger partial charge in [0.25, 0.3) is 0 Å². The van der Waals surface area contributed by atoms with Crippen LogP contribution in [0.4, 0.5) is 0 Å². The molecule has 0 nitrogen and oxygen atoms in total. The molecule has 0 radical (unpaired) electrons. The van der Waals surface area contributed by atoms with Gasteiger partial charge in [-0.15, -0.1) is 0 Å². The first kappa shape index (κ1) is 16.4. The average Bonchev–Trinajstić information content (AvgIpc) is 3.79. The normalized spacial score (nSPS) is 24.9. The molecule has 4 aliphatic carbocycles. The summed E-state index contributed by atoms with van der Waals surface area (Å²) < 4.78 is 0. The van der Waals surface area contributed by atoms with Crippen molar-refractivity contribution in [3.63, 3.8) is 0 Å². The summed E-state index contributed by atoms with van der Waals surface area (Å²) in [7, 11) is 0. The number of allylic oxidation sites excluding steroid dienone is 2. The quantitative estimate of drug-likeness (QED) is 0.145. The number of hydrogen-bond donors (Lipinski definition) is 0. The maximum absolute atomic E-state index is 2.63. The molecule has 0 spiro atoms. The Morgan fingerprint density at radius 1 is 0.275 bits per heavy atom. The molecule has 0 heteroatoms. The topological polar surface area (TPSA) is 0 Å². The fourth-order valence-corrected chi connectivity index (χ4v) is 12.7. The second-order valence-corrected chi connectivity index (χ2v) is 14.0. The molecule has 4 aliphatic rings. The van der Waals surface area contributed by atoms with E-state index in [0.29, 0.717) is 23.7 Å². The van der Waals surface area contributed by atoms with Crippen molar-refractivity contribution in [1.29, 1.82) is 0 Å². The first-order chi connectivity index (χ1) is 19.9. The van der Waals surface area contributed by atoms with Crippen LogP contribution in [-0.4, -0.2) is 0 Å². The zero-order valence-electron chi connectivity index (χ0n) is 21.1. The van der Waals surface area contributed by atoms with Crippen LogP contribution in [0.25, 0.3) is 118 Å². The largest absolute Gasteiger partial charge is 0.0797 e. The van der Waals surface area contributed by atoms with Gasteiger partial charge in [-0.2, -0.15) is 0 Å². The van der Waals surface area contributed by atoms with Gasteiger partial charge in [-0.1, -0.05) is 60.7 Å². The second-order valence-electron chi connectivity index (χ2n) is 14.0. The third-order valence-electron chi connectivity index (χ3n) is 13.4. The van der Waals surface area contributed by atoms with E-state index in [-0.39, 0.29) is 0 Å². The van der Waals surface area contributed by atoms with Crippen molar-refractivity contribution in [1.82, 2.24) is 0 Å².